The maximum Gasteiger partial charge on any atom is 0.109 e. The highest BCUT2D eigenvalue weighted by molar-refractivity contribution is 6.05. The summed E-state index contributed by atoms with van der Waals surface area (Å²) in [4.78, 5) is 11.4. The maximum absolute atomic E-state index is 5.07. The highest BCUT2D eigenvalue weighted by Gasteiger charge is 2.21. The summed E-state index contributed by atoms with van der Waals surface area (Å²) in [7, 11) is 12.3. The number of azo groups is 1. The van der Waals surface area contributed by atoms with Crippen molar-refractivity contribution in [2.75, 3.05) is 57.0 Å². The molecule has 6 nitrogen and oxygen atoms in total. The van der Waals surface area contributed by atoms with Crippen molar-refractivity contribution in [1.29, 1.82) is 0 Å². The van der Waals surface area contributed by atoms with Crippen molar-refractivity contribution in [1.82, 2.24) is 0 Å². The van der Waals surface area contributed by atoms with E-state index in [0.29, 0.717) is 0 Å². The molecule has 0 aliphatic rings. The predicted octanol–water partition coefficient (Wildman–Crippen LogP) is 10.7. The maximum atomic E-state index is 5.07. The third kappa shape index (κ3) is 8.71. The van der Waals surface area contributed by atoms with Crippen LogP contribution >= 0.6 is 0 Å². The molecule has 5 rings (SSSR count). The Morgan fingerprint density at radius 2 is 1.18 bits per heavy atom. The molecule has 0 spiro atoms. The Morgan fingerprint density at radius 3 is 1.78 bits per heavy atom. The lowest BCUT2D eigenvalue weighted by Gasteiger charge is -2.24. The second-order valence-corrected chi connectivity index (χ2v) is 13.3. The number of hydrogen-bond donors (Lipinski definition) is 0. The first-order valence-electron chi connectivity index (χ1n) is 16.7. The minimum absolute atomic E-state index is 0.0325. The number of nitrogens with zero attached hydrogens (tertiary/aromatic N) is 6. The van der Waals surface area contributed by atoms with Crippen molar-refractivity contribution in [3.05, 3.63) is 155 Å². The standard InChI is InChI=1S/C43H48N6/c1-30(2)27-32-15-19-37(20-16-32)45-46-40-29-35(18-26-42(40)49(8)9)43(33-13-11-10-12-14-33)34-17-25-41(48(6)7)39(28-34)31(3)44-36-21-23-38(24-22-36)47(4)5/h10-26,28-29,43H,1,27H2,2-9H3. The monoisotopic (exact) mass is 648 g/mol. The van der Waals surface area contributed by atoms with Gasteiger partial charge in [0.2, 0.25) is 0 Å². The zero-order valence-electron chi connectivity index (χ0n) is 30.1. The van der Waals surface area contributed by atoms with Gasteiger partial charge < -0.3 is 14.7 Å². The Balaban J connectivity index is 1.59. The van der Waals surface area contributed by atoms with E-state index in [2.05, 4.69) is 151 Å². The van der Waals surface area contributed by atoms with E-state index in [1.165, 1.54) is 16.7 Å². The Bertz CT molecular complexity index is 1940. The van der Waals surface area contributed by atoms with Crippen LogP contribution in [0.5, 0.6) is 0 Å². The predicted molar refractivity (Wildman–Crippen MR) is 211 cm³/mol. The topological polar surface area (TPSA) is 46.8 Å². The second-order valence-electron chi connectivity index (χ2n) is 13.3. The highest BCUT2D eigenvalue weighted by Crippen LogP contribution is 2.39. The summed E-state index contributed by atoms with van der Waals surface area (Å²) >= 11 is 0. The third-order valence-electron chi connectivity index (χ3n) is 8.55. The fourth-order valence-corrected chi connectivity index (χ4v) is 6.03. The van der Waals surface area contributed by atoms with Crippen LogP contribution in [-0.2, 0) is 6.42 Å². The summed E-state index contributed by atoms with van der Waals surface area (Å²) in [5.41, 5.74) is 13.8. The first-order valence-corrected chi connectivity index (χ1v) is 16.7. The van der Waals surface area contributed by atoms with Crippen molar-refractivity contribution in [2.45, 2.75) is 26.2 Å². The highest BCUT2D eigenvalue weighted by atomic mass is 15.1. The molecule has 0 heterocycles. The molecule has 6 heteroatoms. The third-order valence-corrected chi connectivity index (χ3v) is 8.55. The molecule has 0 amide bonds. The van der Waals surface area contributed by atoms with E-state index in [-0.39, 0.29) is 5.92 Å². The smallest absolute Gasteiger partial charge is 0.109 e. The fraction of sp³-hybridized carbons (Fsp3) is 0.233. The van der Waals surface area contributed by atoms with Crippen LogP contribution in [0, 0.1) is 0 Å². The first kappa shape index (κ1) is 34.8. The van der Waals surface area contributed by atoms with Gasteiger partial charge in [0, 0.05) is 70.9 Å². The van der Waals surface area contributed by atoms with Crippen molar-refractivity contribution < 1.29 is 0 Å². The summed E-state index contributed by atoms with van der Waals surface area (Å²) in [5, 5.41) is 9.46. The summed E-state index contributed by atoms with van der Waals surface area (Å²) in [6.07, 6.45) is 0.859. The number of rotatable bonds is 12. The molecule has 1 unspecified atom stereocenters. The molecule has 5 aromatic carbocycles. The van der Waals surface area contributed by atoms with Gasteiger partial charge in [0.05, 0.1) is 17.1 Å². The van der Waals surface area contributed by atoms with E-state index in [0.717, 1.165) is 63.0 Å². The van der Waals surface area contributed by atoms with E-state index >= 15 is 0 Å². The molecule has 0 bridgehead atoms. The van der Waals surface area contributed by atoms with Gasteiger partial charge in [-0.25, -0.2) is 0 Å². The summed E-state index contributed by atoms with van der Waals surface area (Å²) in [6, 6.07) is 40.5. The molecule has 1 atom stereocenters. The first-order chi connectivity index (χ1) is 23.5. The lowest BCUT2D eigenvalue weighted by molar-refractivity contribution is 0.970. The average Bonchev–Trinajstić information content (AvgIpc) is 3.08. The number of hydrogen-bond acceptors (Lipinski definition) is 6. The molecule has 0 saturated heterocycles. The fourth-order valence-electron chi connectivity index (χ4n) is 6.03. The van der Waals surface area contributed by atoms with Crippen LogP contribution in [0.4, 0.5) is 34.1 Å². The van der Waals surface area contributed by atoms with Gasteiger partial charge in [-0.05, 0) is 103 Å². The molecule has 5 aromatic rings. The zero-order chi connectivity index (χ0) is 35.1. The molecule has 0 aromatic heterocycles. The number of allylic oxidation sites excluding steroid dienone is 1. The van der Waals surface area contributed by atoms with Crippen LogP contribution in [0.2, 0.25) is 0 Å². The average molecular weight is 649 g/mol. The van der Waals surface area contributed by atoms with Crippen LogP contribution in [0.3, 0.4) is 0 Å². The van der Waals surface area contributed by atoms with Crippen LogP contribution in [0.1, 0.15) is 47.6 Å². The Kier molecular flexibility index (Phi) is 11.1. The molecule has 0 N–H and O–H groups in total. The lowest BCUT2D eigenvalue weighted by Crippen LogP contribution is -2.15. The normalized spacial score (nSPS) is 12.2. The summed E-state index contributed by atoms with van der Waals surface area (Å²) in [5.74, 6) is -0.0325. The van der Waals surface area contributed by atoms with Crippen molar-refractivity contribution in [3.8, 4) is 0 Å². The lowest BCUT2D eigenvalue weighted by atomic mass is 9.83. The Morgan fingerprint density at radius 1 is 0.592 bits per heavy atom. The van der Waals surface area contributed by atoms with Gasteiger partial charge >= 0.3 is 0 Å². The summed E-state index contributed by atoms with van der Waals surface area (Å²) < 4.78 is 0. The number of aliphatic imine (C=N–C) groups is 1. The summed E-state index contributed by atoms with van der Waals surface area (Å²) in [6.45, 7) is 8.18. The van der Waals surface area contributed by atoms with E-state index in [4.69, 9.17) is 10.1 Å². The minimum atomic E-state index is -0.0325. The zero-order valence-corrected chi connectivity index (χ0v) is 30.1. The van der Waals surface area contributed by atoms with Gasteiger partial charge in [0.15, 0.2) is 0 Å². The molecule has 0 saturated carbocycles. The Hall–Kier alpha value is -5.49. The minimum Gasteiger partial charge on any atom is -0.378 e. The molecular weight excluding hydrogens is 601 g/mol. The quantitative estimate of drug-likeness (QED) is 0.0585. The van der Waals surface area contributed by atoms with Gasteiger partial charge in [0.1, 0.15) is 5.69 Å². The van der Waals surface area contributed by atoms with Crippen LogP contribution in [0.15, 0.2) is 143 Å². The van der Waals surface area contributed by atoms with Gasteiger partial charge in [-0.1, -0.05) is 66.7 Å². The van der Waals surface area contributed by atoms with Crippen LogP contribution in [0.25, 0.3) is 0 Å². The number of benzene rings is 5. The molecule has 0 fully saturated rings. The Labute approximate surface area is 292 Å². The molecule has 250 valence electrons. The van der Waals surface area contributed by atoms with Gasteiger partial charge in [0.25, 0.3) is 0 Å². The van der Waals surface area contributed by atoms with E-state index < -0.39 is 0 Å². The van der Waals surface area contributed by atoms with Crippen molar-refractivity contribution in [2.24, 2.45) is 15.2 Å². The van der Waals surface area contributed by atoms with E-state index in [9.17, 15) is 0 Å². The van der Waals surface area contributed by atoms with Gasteiger partial charge in [-0.3, -0.25) is 4.99 Å². The molecule has 0 aliphatic carbocycles. The van der Waals surface area contributed by atoms with Gasteiger partial charge in [-0.2, -0.15) is 5.11 Å². The molecule has 0 aliphatic heterocycles. The SMILES string of the molecule is C=C(C)Cc1ccc(N=Nc2cc(C(c3ccccc3)c3ccc(N(C)C)c(C(C)=Nc4ccc(N(C)C)cc4)c3)ccc2N(C)C)cc1. The van der Waals surface area contributed by atoms with Gasteiger partial charge in [-0.15, -0.1) is 5.11 Å². The molecule has 0 radical (unpaired) electrons. The van der Waals surface area contributed by atoms with E-state index in [1.54, 1.807) is 0 Å². The van der Waals surface area contributed by atoms with Crippen molar-refractivity contribution in [3.63, 3.8) is 0 Å². The second kappa shape index (κ2) is 15.6. The van der Waals surface area contributed by atoms with Crippen LogP contribution < -0.4 is 14.7 Å². The van der Waals surface area contributed by atoms with Crippen LogP contribution in [-0.4, -0.2) is 48.0 Å². The van der Waals surface area contributed by atoms with E-state index in [1.807, 2.05) is 47.2 Å². The largest absolute Gasteiger partial charge is 0.378 e. The molecule has 49 heavy (non-hydrogen) atoms. The van der Waals surface area contributed by atoms with Crippen molar-refractivity contribution >= 4 is 39.8 Å². The number of anilines is 3. The molecular formula is C43H48N6.